The van der Waals surface area contributed by atoms with Crippen LogP contribution in [0.2, 0.25) is 0 Å². The summed E-state index contributed by atoms with van der Waals surface area (Å²) >= 11 is 3.45. The van der Waals surface area contributed by atoms with E-state index in [4.69, 9.17) is 0 Å². The smallest absolute Gasteiger partial charge is 0.0514 e. The van der Waals surface area contributed by atoms with Crippen LogP contribution in [0.1, 0.15) is 25.8 Å². The van der Waals surface area contributed by atoms with Gasteiger partial charge in [0.05, 0.1) is 6.10 Å². The number of halogens is 1. The fourth-order valence-corrected chi connectivity index (χ4v) is 2.18. The average molecular weight is 257 g/mol. The summed E-state index contributed by atoms with van der Waals surface area (Å²) in [6, 6.07) is 8.35. The number of aliphatic hydroxyl groups excluding tert-OH is 1. The number of hydrogen-bond acceptors (Lipinski definition) is 1. The molecule has 1 aromatic carbocycles. The SMILES string of the molecule is CC(O)CC(C)Cc1cccc(Br)c1. The van der Waals surface area contributed by atoms with Gasteiger partial charge in [0.25, 0.3) is 0 Å². The van der Waals surface area contributed by atoms with Crippen LogP contribution >= 0.6 is 15.9 Å². The maximum absolute atomic E-state index is 9.25. The summed E-state index contributed by atoms with van der Waals surface area (Å²) < 4.78 is 1.12. The summed E-state index contributed by atoms with van der Waals surface area (Å²) in [6.07, 6.45) is 1.70. The summed E-state index contributed by atoms with van der Waals surface area (Å²) in [5, 5.41) is 9.25. The van der Waals surface area contributed by atoms with Gasteiger partial charge in [-0.3, -0.25) is 0 Å². The highest BCUT2D eigenvalue weighted by molar-refractivity contribution is 9.10. The van der Waals surface area contributed by atoms with Crippen molar-refractivity contribution in [2.75, 3.05) is 0 Å². The molecule has 0 aromatic heterocycles. The van der Waals surface area contributed by atoms with Crippen molar-refractivity contribution in [3.05, 3.63) is 34.3 Å². The molecule has 0 saturated carbocycles. The highest BCUT2D eigenvalue weighted by atomic mass is 79.9. The lowest BCUT2D eigenvalue weighted by Crippen LogP contribution is -2.09. The average Bonchev–Trinajstić information content (AvgIpc) is 2.01. The molecule has 2 atom stereocenters. The van der Waals surface area contributed by atoms with Gasteiger partial charge >= 0.3 is 0 Å². The quantitative estimate of drug-likeness (QED) is 0.876. The fourth-order valence-electron chi connectivity index (χ4n) is 1.73. The van der Waals surface area contributed by atoms with Crippen LogP contribution in [-0.2, 0) is 6.42 Å². The first kappa shape index (κ1) is 11.7. The standard InChI is InChI=1S/C12H17BrO/c1-9(6-10(2)14)7-11-4-3-5-12(13)8-11/h3-5,8-10,14H,6-7H2,1-2H3. The third-order valence-corrected chi connectivity index (χ3v) is 2.71. The normalized spacial score (nSPS) is 15.1. The van der Waals surface area contributed by atoms with Crippen LogP contribution in [0.15, 0.2) is 28.7 Å². The van der Waals surface area contributed by atoms with Gasteiger partial charge in [0.15, 0.2) is 0 Å². The lowest BCUT2D eigenvalue weighted by Gasteiger charge is -2.13. The first-order valence-electron chi connectivity index (χ1n) is 5.00. The molecule has 1 nitrogen and oxygen atoms in total. The Hall–Kier alpha value is -0.340. The van der Waals surface area contributed by atoms with Gasteiger partial charge < -0.3 is 5.11 Å². The van der Waals surface area contributed by atoms with Gasteiger partial charge in [-0.2, -0.15) is 0 Å². The number of rotatable bonds is 4. The van der Waals surface area contributed by atoms with Crippen LogP contribution in [-0.4, -0.2) is 11.2 Å². The van der Waals surface area contributed by atoms with E-state index in [1.165, 1.54) is 5.56 Å². The first-order chi connectivity index (χ1) is 6.58. The Morgan fingerprint density at radius 2 is 2.07 bits per heavy atom. The molecule has 0 aliphatic carbocycles. The Morgan fingerprint density at radius 3 is 2.64 bits per heavy atom. The predicted octanol–water partition coefficient (Wildman–Crippen LogP) is 3.40. The van der Waals surface area contributed by atoms with Gasteiger partial charge in [0.1, 0.15) is 0 Å². The summed E-state index contributed by atoms with van der Waals surface area (Å²) in [7, 11) is 0. The van der Waals surface area contributed by atoms with Crippen LogP contribution < -0.4 is 0 Å². The molecular formula is C12H17BrO. The lowest BCUT2D eigenvalue weighted by atomic mass is 9.96. The van der Waals surface area contributed by atoms with Crippen molar-refractivity contribution in [3.8, 4) is 0 Å². The third kappa shape index (κ3) is 4.25. The van der Waals surface area contributed by atoms with E-state index in [1.54, 1.807) is 0 Å². The minimum atomic E-state index is -0.197. The fraction of sp³-hybridized carbons (Fsp3) is 0.500. The van der Waals surface area contributed by atoms with E-state index in [1.807, 2.05) is 13.0 Å². The molecule has 2 unspecified atom stereocenters. The van der Waals surface area contributed by atoms with Crippen molar-refractivity contribution >= 4 is 15.9 Å². The molecule has 1 N–H and O–H groups in total. The van der Waals surface area contributed by atoms with E-state index in [-0.39, 0.29) is 6.10 Å². The topological polar surface area (TPSA) is 20.2 Å². The molecule has 0 spiro atoms. The molecule has 0 aliphatic rings. The molecule has 0 amide bonds. The second kappa shape index (κ2) is 5.52. The van der Waals surface area contributed by atoms with Crippen molar-refractivity contribution < 1.29 is 5.11 Å². The Kier molecular flexibility index (Phi) is 4.63. The molecule has 0 bridgehead atoms. The molecule has 0 saturated heterocycles. The van der Waals surface area contributed by atoms with Crippen LogP contribution in [0.5, 0.6) is 0 Å². The summed E-state index contributed by atoms with van der Waals surface area (Å²) in [4.78, 5) is 0. The van der Waals surface area contributed by atoms with Crippen molar-refractivity contribution in [2.24, 2.45) is 5.92 Å². The van der Waals surface area contributed by atoms with Gasteiger partial charge in [-0.15, -0.1) is 0 Å². The molecule has 78 valence electrons. The summed E-state index contributed by atoms with van der Waals surface area (Å²) in [5.74, 6) is 0.532. The Bertz CT molecular complexity index is 283. The van der Waals surface area contributed by atoms with Crippen molar-refractivity contribution in [2.45, 2.75) is 32.8 Å². The Morgan fingerprint density at radius 1 is 1.36 bits per heavy atom. The van der Waals surface area contributed by atoms with Crippen LogP contribution in [0.4, 0.5) is 0 Å². The molecule has 0 aliphatic heterocycles. The van der Waals surface area contributed by atoms with E-state index in [0.29, 0.717) is 5.92 Å². The molecule has 2 heteroatoms. The van der Waals surface area contributed by atoms with Crippen molar-refractivity contribution in [3.63, 3.8) is 0 Å². The summed E-state index contributed by atoms with van der Waals surface area (Å²) in [5.41, 5.74) is 1.33. The minimum Gasteiger partial charge on any atom is -0.393 e. The Balaban J connectivity index is 2.51. The number of benzene rings is 1. The highest BCUT2D eigenvalue weighted by Crippen LogP contribution is 2.17. The third-order valence-electron chi connectivity index (χ3n) is 2.22. The zero-order valence-electron chi connectivity index (χ0n) is 8.70. The molecule has 0 radical (unpaired) electrons. The highest BCUT2D eigenvalue weighted by Gasteiger charge is 2.07. The Labute approximate surface area is 94.3 Å². The van der Waals surface area contributed by atoms with Gasteiger partial charge in [-0.25, -0.2) is 0 Å². The van der Waals surface area contributed by atoms with Crippen LogP contribution in [0.25, 0.3) is 0 Å². The zero-order valence-corrected chi connectivity index (χ0v) is 10.3. The van der Waals surface area contributed by atoms with Crippen molar-refractivity contribution in [1.82, 2.24) is 0 Å². The van der Waals surface area contributed by atoms with Crippen LogP contribution in [0.3, 0.4) is 0 Å². The largest absolute Gasteiger partial charge is 0.393 e. The van der Waals surface area contributed by atoms with Crippen molar-refractivity contribution in [1.29, 1.82) is 0 Å². The van der Waals surface area contributed by atoms with E-state index >= 15 is 0 Å². The van der Waals surface area contributed by atoms with Gasteiger partial charge in [-0.1, -0.05) is 35.0 Å². The predicted molar refractivity (Wildman–Crippen MR) is 63.3 cm³/mol. The van der Waals surface area contributed by atoms with Gasteiger partial charge in [0.2, 0.25) is 0 Å². The monoisotopic (exact) mass is 256 g/mol. The lowest BCUT2D eigenvalue weighted by molar-refractivity contribution is 0.164. The van der Waals surface area contributed by atoms with E-state index < -0.39 is 0 Å². The molecule has 14 heavy (non-hydrogen) atoms. The molecular weight excluding hydrogens is 240 g/mol. The van der Waals surface area contributed by atoms with Gasteiger partial charge in [-0.05, 0) is 43.4 Å². The molecule has 1 aromatic rings. The zero-order chi connectivity index (χ0) is 10.6. The minimum absolute atomic E-state index is 0.197. The van der Waals surface area contributed by atoms with E-state index in [2.05, 4.69) is 41.1 Å². The maximum Gasteiger partial charge on any atom is 0.0514 e. The molecule has 1 rings (SSSR count). The molecule has 0 fully saturated rings. The molecule has 0 heterocycles. The van der Waals surface area contributed by atoms with Crippen LogP contribution in [0, 0.1) is 5.92 Å². The second-order valence-corrected chi connectivity index (χ2v) is 4.94. The maximum atomic E-state index is 9.25. The number of aliphatic hydroxyl groups is 1. The summed E-state index contributed by atoms with van der Waals surface area (Å²) in [6.45, 7) is 4.02. The first-order valence-corrected chi connectivity index (χ1v) is 5.79. The number of hydrogen-bond donors (Lipinski definition) is 1. The van der Waals surface area contributed by atoms with E-state index in [9.17, 15) is 5.11 Å². The second-order valence-electron chi connectivity index (χ2n) is 4.02. The van der Waals surface area contributed by atoms with Gasteiger partial charge in [0, 0.05) is 4.47 Å². The van der Waals surface area contributed by atoms with E-state index in [0.717, 1.165) is 17.3 Å².